The van der Waals surface area contributed by atoms with Crippen molar-refractivity contribution in [2.75, 3.05) is 43.1 Å². The predicted octanol–water partition coefficient (Wildman–Crippen LogP) is 2.83. The molecule has 2 aromatic heterocycles. The number of carbonyl (C=O) groups is 1. The highest BCUT2D eigenvalue weighted by molar-refractivity contribution is 5.81. The van der Waals surface area contributed by atoms with E-state index in [2.05, 4.69) is 20.6 Å². The minimum atomic E-state index is -2.77. The van der Waals surface area contributed by atoms with Crippen LogP contribution in [-0.4, -0.2) is 76.5 Å². The van der Waals surface area contributed by atoms with E-state index >= 15 is 0 Å². The van der Waals surface area contributed by atoms with Crippen LogP contribution in [0, 0.1) is 0 Å². The summed E-state index contributed by atoms with van der Waals surface area (Å²) in [5.41, 5.74) is 1.03. The van der Waals surface area contributed by atoms with Crippen LogP contribution in [0.25, 0.3) is 16.9 Å². The molecule has 2 aliphatic heterocycles. The van der Waals surface area contributed by atoms with Gasteiger partial charge in [-0.05, 0) is 37.8 Å². The first-order chi connectivity index (χ1) is 18.0. The largest absolute Gasteiger partial charge is 0.378 e. The van der Waals surface area contributed by atoms with Gasteiger partial charge in [-0.15, -0.1) is 0 Å². The molecular formula is C25H29F2N7O3. The van der Waals surface area contributed by atoms with Gasteiger partial charge in [-0.3, -0.25) is 9.36 Å². The number of anilines is 2. The zero-order valence-corrected chi connectivity index (χ0v) is 20.3. The first-order valence-electron chi connectivity index (χ1n) is 12.7. The SMILES string of the molecule is O=C(NC1CC(Nc2cc(-n3c(C(F)F)nc4ccccc43)nc(N3CCOCC3)n2)C1)[C@H]1CCCO1. The molecule has 0 bridgehead atoms. The van der Waals surface area contributed by atoms with Gasteiger partial charge in [-0.1, -0.05) is 12.1 Å². The zero-order chi connectivity index (χ0) is 25.4. The standard InChI is InChI=1S/C25H29F2N7O3/c26-22(27)23-30-17-4-1-2-5-18(17)34(23)21-14-20(31-25(32-21)33-7-10-36-11-8-33)28-15-12-16(13-15)29-24(35)19-6-3-9-37-19/h1-2,4-5,14-16,19,22H,3,6-13H2,(H,29,35)(H,28,31,32)/t15?,16?,19-/m1/s1. The van der Waals surface area contributed by atoms with Gasteiger partial charge in [-0.25, -0.2) is 13.8 Å². The molecule has 3 fully saturated rings. The van der Waals surface area contributed by atoms with Gasteiger partial charge in [0.1, 0.15) is 17.7 Å². The number of halogens is 2. The number of alkyl halides is 2. The van der Waals surface area contributed by atoms with Gasteiger partial charge >= 0.3 is 0 Å². The maximum atomic E-state index is 14.0. The van der Waals surface area contributed by atoms with Crippen molar-refractivity contribution in [1.82, 2.24) is 24.8 Å². The first kappa shape index (κ1) is 24.0. The summed E-state index contributed by atoms with van der Waals surface area (Å²) >= 11 is 0. The third-order valence-electron chi connectivity index (χ3n) is 7.06. The molecule has 1 amide bonds. The Morgan fingerprint density at radius 1 is 1.05 bits per heavy atom. The maximum absolute atomic E-state index is 14.0. The van der Waals surface area contributed by atoms with Crippen LogP contribution in [0.3, 0.4) is 0 Å². The zero-order valence-electron chi connectivity index (χ0n) is 20.3. The number of amides is 1. The number of ether oxygens (including phenoxy) is 2. The fourth-order valence-corrected chi connectivity index (χ4v) is 5.09. The van der Waals surface area contributed by atoms with Crippen LogP contribution in [0.2, 0.25) is 0 Å². The second-order valence-electron chi connectivity index (χ2n) is 9.63. The summed E-state index contributed by atoms with van der Waals surface area (Å²) in [7, 11) is 0. The third-order valence-corrected chi connectivity index (χ3v) is 7.06. The number of hydrogen-bond acceptors (Lipinski definition) is 8. The van der Waals surface area contributed by atoms with Gasteiger partial charge in [0.05, 0.1) is 24.2 Å². The summed E-state index contributed by atoms with van der Waals surface area (Å²) in [5, 5.41) is 6.47. The highest BCUT2D eigenvalue weighted by atomic mass is 19.3. The monoisotopic (exact) mass is 513 g/mol. The molecule has 10 nitrogen and oxygen atoms in total. The average Bonchev–Trinajstić information content (AvgIpc) is 3.56. The Labute approximate surface area is 212 Å². The van der Waals surface area contributed by atoms with Crippen LogP contribution in [0.1, 0.15) is 37.9 Å². The van der Waals surface area contributed by atoms with Crippen LogP contribution in [0.5, 0.6) is 0 Å². The van der Waals surface area contributed by atoms with E-state index in [9.17, 15) is 13.6 Å². The second kappa shape index (κ2) is 10.2. The predicted molar refractivity (Wildman–Crippen MR) is 132 cm³/mol. The molecule has 196 valence electrons. The lowest BCUT2D eigenvalue weighted by molar-refractivity contribution is -0.131. The molecule has 1 aliphatic carbocycles. The molecule has 6 rings (SSSR count). The molecule has 4 heterocycles. The molecule has 3 aliphatic rings. The summed E-state index contributed by atoms with van der Waals surface area (Å²) < 4.78 is 40.4. The van der Waals surface area contributed by atoms with Crippen molar-refractivity contribution in [3.05, 3.63) is 36.2 Å². The molecule has 1 aromatic carbocycles. The number of aromatic nitrogens is 4. The van der Waals surface area contributed by atoms with E-state index in [1.807, 2.05) is 4.90 Å². The lowest BCUT2D eigenvalue weighted by Gasteiger charge is -2.37. The van der Waals surface area contributed by atoms with Gasteiger partial charge < -0.3 is 25.0 Å². The lowest BCUT2D eigenvalue weighted by atomic mass is 9.86. The van der Waals surface area contributed by atoms with Gasteiger partial charge in [-0.2, -0.15) is 9.97 Å². The third kappa shape index (κ3) is 4.95. The van der Waals surface area contributed by atoms with Gasteiger partial charge in [0.2, 0.25) is 11.9 Å². The summed E-state index contributed by atoms with van der Waals surface area (Å²) in [5.74, 6) is 0.901. The molecule has 3 aromatic rings. The summed E-state index contributed by atoms with van der Waals surface area (Å²) in [6.07, 6.45) is 0.0280. The van der Waals surface area contributed by atoms with Crippen molar-refractivity contribution < 1.29 is 23.0 Å². The van der Waals surface area contributed by atoms with E-state index < -0.39 is 6.43 Å². The van der Waals surface area contributed by atoms with Crippen LogP contribution < -0.4 is 15.5 Å². The highest BCUT2D eigenvalue weighted by Crippen LogP contribution is 2.30. The Kier molecular flexibility index (Phi) is 6.59. The molecule has 2 saturated heterocycles. The number of carbonyl (C=O) groups excluding carboxylic acids is 1. The van der Waals surface area contributed by atoms with Crippen molar-refractivity contribution >= 4 is 28.7 Å². The van der Waals surface area contributed by atoms with Crippen LogP contribution in [-0.2, 0) is 14.3 Å². The van der Waals surface area contributed by atoms with Crippen LogP contribution in [0.4, 0.5) is 20.5 Å². The van der Waals surface area contributed by atoms with E-state index in [0.29, 0.717) is 61.5 Å². The second-order valence-corrected chi connectivity index (χ2v) is 9.63. The van der Waals surface area contributed by atoms with Gasteiger partial charge in [0, 0.05) is 37.8 Å². The Morgan fingerprint density at radius 3 is 2.62 bits per heavy atom. The van der Waals surface area contributed by atoms with Crippen molar-refractivity contribution in [1.29, 1.82) is 0 Å². The lowest BCUT2D eigenvalue weighted by Crippen LogP contribution is -2.52. The molecule has 12 heteroatoms. The van der Waals surface area contributed by atoms with Crippen LogP contribution in [0.15, 0.2) is 30.3 Å². The molecular weight excluding hydrogens is 484 g/mol. The minimum Gasteiger partial charge on any atom is -0.378 e. The Hall–Kier alpha value is -3.38. The minimum absolute atomic E-state index is 0.0496. The van der Waals surface area contributed by atoms with Gasteiger partial charge in [0.15, 0.2) is 5.82 Å². The smallest absolute Gasteiger partial charge is 0.296 e. The van der Waals surface area contributed by atoms with E-state index in [-0.39, 0.29) is 29.9 Å². The number of rotatable bonds is 7. The fraction of sp³-hybridized carbons (Fsp3) is 0.520. The summed E-state index contributed by atoms with van der Waals surface area (Å²) in [6.45, 7) is 2.93. The first-order valence-corrected chi connectivity index (χ1v) is 12.7. The van der Waals surface area contributed by atoms with Crippen molar-refractivity contribution in [3.8, 4) is 5.82 Å². The Morgan fingerprint density at radius 2 is 1.86 bits per heavy atom. The number of para-hydroxylation sites is 2. The maximum Gasteiger partial charge on any atom is 0.296 e. The Balaban J connectivity index is 1.26. The normalized spacial score (nSPS) is 23.9. The van der Waals surface area contributed by atoms with E-state index in [4.69, 9.17) is 14.5 Å². The summed E-state index contributed by atoms with van der Waals surface area (Å²) in [6, 6.07) is 8.86. The number of nitrogens with zero attached hydrogens (tertiary/aromatic N) is 5. The molecule has 0 unspecified atom stereocenters. The number of hydrogen-bond donors (Lipinski definition) is 2. The van der Waals surface area contributed by atoms with Crippen molar-refractivity contribution in [2.45, 2.75) is 50.3 Å². The van der Waals surface area contributed by atoms with Crippen molar-refractivity contribution in [2.24, 2.45) is 0 Å². The molecule has 0 radical (unpaired) electrons. The number of benzene rings is 1. The van der Waals surface area contributed by atoms with Gasteiger partial charge in [0.25, 0.3) is 6.43 Å². The molecule has 0 spiro atoms. The molecule has 1 atom stereocenters. The van der Waals surface area contributed by atoms with E-state index in [1.165, 1.54) is 4.57 Å². The Bertz CT molecular complexity index is 1270. The fourth-order valence-electron chi connectivity index (χ4n) is 5.09. The molecule has 37 heavy (non-hydrogen) atoms. The average molecular weight is 514 g/mol. The number of fused-ring (bicyclic) bond motifs is 1. The topological polar surface area (TPSA) is 106 Å². The number of nitrogens with one attached hydrogen (secondary N) is 2. The quantitative estimate of drug-likeness (QED) is 0.497. The van der Waals surface area contributed by atoms with Crippen LogP contribution >= 0.6 is 0 Å². The number of morpholine rings is 1. The van der Waals surface area contributed by atoms with Crippen molar-refractivity contribution in [3.63, 3.8) is 0 Å². The van der Waals surface area contributed by atoms with E-state index in [0.717, 1.165) is 25.7 Å². The highest BCUT2D eigenvalue weighted by Gasteiger charge is 2.34. The van der Waals surface area contributed by atoms with E-state index in [1.54, 1.807) is 30.3 Å². The molecule has 1 saturated carbocycles. The summed E-state index contributed by atoms with van der Waals surface area (Å²) in [4.78, 5) is 27.9. The number of imidazole rings is 1. The molecule has 2 N–H and O–H groups in total.